The third kappa shape index (κ3) is 6.45. The lowest BCUT2D eigenvalue weighted by Gasteiger charge is -2.22. The minimum Gasteiger partial charge on any atom is -0.492 e. The van der Waals surface area contributed by atoms with Crippen LogP contribution in [0.3, 0.4) is 0 Å². The first-order chi connectivity index (χ1) is 12.3. The number of ether oxygens (including phenoxy) is 1. The molecule has 0 heterocycles. The van der Waals surface area contributed by atoms with Crippen molar-refractivity contribution in [3.8, 4) is 5.75 Å². The minimum atomic E-state index is -3.60. The third-order valence-corrected chi connectivity index (χ3v) is 5.17. The Labute approximate surface area is 165 Å². The standard InChI is InChI=1S/C17H18FIN2O4S/c1-26(23,24)21(15-6-4-14(19)5-7-15)12-17(22)20-10-11-25-16-8-2-13(18)3-9-16/h2-9H,10-12H2,1H3,(H,20,22). The van der Waals surface area contributed by atoms with E-state index in [1.54, 1.807) is 24.3 Å². The van der Waals surface area contributed by atoms with Crippen molar-refractivity contribution in [2.45, 2.75) is 0 Å². The van der Waals surface area contributed by atoms with E-state index in [0.29, 0.717) is 11.4 Å². The minimum absolute atomic E-state index is 0.180. The Balaban J connectivity index is 1.87. The summed E-state index contributed by atoms with van der Waals surface area (Å²) in [5.74, 6) is -0.323. The second-order valence-electron chi connectivity index (χ2n) is 5.40. The summed E-state index contributed by atoms with van der Waals surface area (Å²) in [5.41, 5.74) is 0.422. The number of nitrogens with one attached hydrogen (secondary N) is 1. The van der Waals surface area contributed by atoms with Gasteiger partial charge in [0.05, 0.1) is 18.5 Å². The second kappa shape index (κ2) is 9.17. The van der Waals surface area contributed by atoms with Gasteiger partial charge in [0.25, 0.3) is 0 Å². The van der Waals surface area contributed by atoms with Crippen LogP contribution >= 0.6 is 22.6 Å². The molecule has 0 spiro atoms. The Hall–Kier alpha value is -1.88. The zero-order valence-corrected chi connectivity index (χ0v) is 17.0. The average molecular weight is 492 g/mol. The summed E-state index contributed by atoms with van der Waals surface area (Å²) in [6, 6.07) is 12.4. The van der Waals surface area contributed by atoms with Gasteiger partial charge in [-0.25, -0.2) is 12.8 Å². The van der Waals surface area contributed by atoms with Gasteiger partial charge in [-0.2, -0.15) is 0 Å². The molecule has 0 saturated carbocycles. The van der Waals surface area contributed by atoms with E-state index in [0.717, 1.165) is 14.1 Å². The molecule has 140 valence electrons. The number of amides is 1. The monoisotopic (exact) mass is 492 g/mol. The lowest BCUT2D eigenvalue weighted by atomic mass is 10.3. The molecule has 0 aliphatic rings. The Kier molecular flexibility index (Phi) is 7.21. The summed E-state index contributed by atoms with van der Waals surface area (Å²) in [6.45, 7) is 0.0518. The second-order valence-corrected chi connectivity index (χ2v) is 8.55. The summed E-state index contributed by atoms with van der Waals surface area (Å²) >= 11 is 2.11. The fraction of sp³-hybridized carbons (Fsp3) is 0.235. The first kappa shape index (κ1) is 20.4. The molecule has 0 saturated heterocycles. The molecular weight excluding hydrogens is 474 g/mol. The van der Waals surface area contributed by atoms with Gasteiger partial charge >= 0.3 is 0 Å². The van der Waals surface area contributed by atoms with Gasteiger partial charge in [0.1, 0.15) is 24.7 Å². The van der Waals surface area contributed by atoms with Crippen LogP contribution in [0.1, 0.15) is 0 Å². The molecule has 0 aliphatic heterocycles. The van der Waals surface area contributed by atoms with Crippen LogP contribution < -0.4 is 14.4 Å². The van der Waals surface area contributed by atoms with Gasteiger partial charge in [0, 0.05) is 3.57 Å². The van der Waals surface area contributed by atoms with E-state index in [1.807, 2.05) is 0 Å². The molecule has 1 amide bonds. The van der Waals surface area contributed by atoms with Gasteiger partial charge in [0.2, 0.25) is 15.9 Å². The highest BCUT2D eigenvalue weighted by molar-refractivity contribution is 14.1. The van der Waals surface area contributed by atoms with Crippen molar-refractivity contribution in [3.05, 3.63) is 57.9 Å². The quantitative estimate of drug-likeness (QED) is 0.454. The number of halogens is 2. The number of nitrogens with zero attached hydrogens (tertiary/aromatic N) is 1. The SMILES string of the molecule is CS(=O)(=O)N(CC(=O)NCCOc1ccc(F)cc1)c1ccc(I)cc1. The number of carbonyl (C=O) groups excluding carboxylic acids is 1. The molecule has 1 N–H and O–H groups in total. The predicted octanol–water partition coefficient (Wildman–Crippen LogP) is 2.39. The number of rotatable bonds is 8. The summed E-state index contributed by atoms with van der Waals surface area (Å²) in [7, 11) is -3.60. The van der Waals surface area contributed by atoms with E-state index >= 15 is 0 Å². The Morgan fingerprint density at radius 2 is 1.77 bits per heavy atom. The zero-order valence-electron chi connectivity index (χ0n) is 14.0. The van der Waals surface area contributed by atoms with E-state index in [9.17, 15) is 17.6 Å². The number of hydrogen-bond donors (Lipinski definition) is 1. The normalized spacial score (nSPS) is 11.0. The van der Waals surface area contributed by atoms with Crippen LogP contribution in [0.15, 0.2) is 48.5 Å². The topological polar surface area (TPSA) is 75.7 Å². The molecule has 0 atom stereocenters. The maximum Gasteiger partial charge on any atom is 0.240 e. The fourth-order valence-corrected chi connectivity index (χ4v) is 3.30. The van der Waals surface area contributed by atoms with Gasteiger partial charge in [-0.15, -0.1) is 0 Å². The van der Waals surface area contributed by atoms with Crippen LogP contribution in [-0.4, -0.2) is 40.3 Å². The molecule has 26 heavy (non-hydrogen) atoms. The molecule has 0 aliphatic carbocycles. The number of sulfonamides is 1. The maximum atomic E-state index is 12.8. The molecule has 0 unspecified atom stereocenters. The largest absolute Gasteiger partial charge is 0.492 e. The summed E-state index contributed by atoms with van der Waals surface area (Å²) < 4.78 is 44.1. The molecule has 0 fully saturated rings. The maximum absolute atomic E-state index is 12.8. The van der Waals surface area contributed by atoms with E-state index in [4.69, 9.17) is 4.74 Å². The van der Waals surface area contributed by atoms with E-state index in [2.05, 4.69) is 27.9 Å². The Morgan fingerprint density at radius 1 is 1.15 bits per heavy atom. The molecular formula is C17H18FIN2O4S. The predicted molar refractivity (Wildman–Crippen MR) is 106 cm³/mol. The van der Waals surface area contributed by atoms with E-state index in [-0.39, 0.29) is 25.5 Å². The molecule has 0 radical (unpaired) electrons. The number of benzene rings is 2. The highest BCUT2D eigenvalue weighted by atomic mass is 127. The van der Waals surface area contributed by atoms with Crippen molar-refractivity contribution in [2.24, 2.45) is 0 Å². The third-order valence-electron chi connectivity index (χ3n) is 3.31. The van der Waals surface area contributed by atoms with Crippen molar-refractivity contribution < 1.29 is 22.3 Å². The lowest BCUT2D eigenvalue weighted by molar-refractivity contribution is -0.119. The molecule has 2 aromatic rings. The van der Waals surface area contributed by atoms with Crippen molar-refractivity contribution >= 4 is 44.2 Å². The smallest absolute Gasteiger partial charge is 0.240 e. The fourth-order valence-electron chi connectivity index (χ4n) is 2.08. The summed E-state index contributed by atoms with van der Waals surface area (Å²) in [6.07, 6.45) is 1.05. The molecule has 2 aromatic carbocycles. The highest BCUT2D eigenvalue weighted by Crippen LogP contribution is 2.18. The van der Waals surface area contributed by atoms with E-state index in [1.165, 1.54) is 24.3 Å². The van der Waals surface area contributed by atoms with Crippen molar-refractivity contribution in [3.63, 3.8) is 0 Å². The Bertz CT molecular complexity index is 842. The molecule has 2 rings (SSSR count). The molecule has 0 bridgehead atoms. The number of anilines is 1. The number of hydrogen-bond acceptors (Lipinski definition) is 4. The van der Waals surface area contributed by atoms with Crippen molar-refractivity contribution in [1.29, 1.82) is 0 Å². The lowest BCUT2D eigenvalue weighted by Crippen LogP contribution is -2.41. The van der Waals surface area contributed by atoms with Gasteiger partial charge in [-0.3, -0.25) is 9.10 Å². The first-order valence-electron chi connectivity index (χ1n) is 7.64. The molecule has 6 nitrogen and oxygen atoms in total. The van der Waals surface area contributed by atoms with Crippen molar-refractivity contribution in [2.75, 3.05) is 30.3 Å². The van der Waals surface area contributed by atoms with Crippen LogP contribution in [-0.2, 0) is 14.8 Å². The van der Waals surface area contributed by atoms with Gasteiger partial charge in [-0.05, 0) is 71.1 Å². The van der Waals surface area contributed by atoms with Gasteiger partial charge < -0.3 is 10.1 Å². The van der Waals surface area contributed by atoms with Gasteiger partial charge in [0.15, 0.2) is 0 Å². The number of carbonyl (C=O) groups is 1. The Morgan fingerprint density at radius 3 is 2.35 bits per heavy atom. The van der Waals surface area contributed by atoms with Crippen LogP contribution in [0.25, 0.3) is 0 Å². The summed E-state index contributed by atoms with van der Waals surface area (Å²) in [4.78, 5) is 12.1. The van der Waals surface area contributed by atoms with Crippen LogP contribution in [0.4, 0.5) is 10.1 Å². The molecule has 0 aromatic heterocycles. The van der Waals surface area contributed by atoms with E-state index < -0.39 is 15.9 Å². The molecule has 9 heteroatoms. The first-order valence-corrected chi connectivity index (χ1v) is 10.6. The average Bonchev–Trinajstić information content (AvgIpc) is 2.58. The zero-order chi connectivity index (χ0) is 19.2. The summed E-state index contributed by atoms with van der Waals surface area (Å²) in [5, 5.41) is 2.60. The van der Waals surface area contributed by atoms with Gasteiger partial charge in [-0.1, -0.05) is 0 Å². The van der Waals surface area contributed by atoms with Crippen molar-refractivity contribution in [1.82, 2.24) is 5.32 Å². The van der Waals surface area contributed by atoms with Crippen LogP contribution in [0.2, 0.25) is 0 Å². The van der Waals surface area contributed by atoms with Crippen LogP contribution in [0.5, 0.6) is 5.75 Å². The highest BCUT2D eigenvalue weighted by Gasteiger charge is 2.20. The van der Waals surface area contributed by atoms with Crippen LogP contribution in [0, 0.1) is 9.39 Å².